The van der Waals surface area contributed by atoms with Crippen molar-refractivity contribution >= 4 is 16.9 Å². The highest BCUT2D eigenvalue weighted by molar-refractivity contribution is 6.06. The van der Waals surface area contributed by atoms with Crippen molar-refractivity contribution in [1.29, 1.82) is 0 Å². The number of aliphatic hydroxyl groups is 1. The van der Waals surface area contributed by atoms with Gasteiger partial charge in [-0.05, 0) is 24.3 Å². The smallest absolute Gasteiger partial charge is 0.231 e. The fourth-order valence-electron chi connectivity index (χ4n) is 2.03. The molecule has 5 heteroatoms. The summed E-state index contributed by atoms with van der Waals surface area (Å²) in [6.45, 7) is -0.585. The summed E-state index contributed by atoms with van der Waals surface area (Å²) >= 11 is 0. The Kier molecular flexibility index (Phi) is 2.96. The number of fused-ring (bicyclic) bond motifs is 1. The molecule has 2 aromatic carbocycles. The summed E-state index contributed by atoms with van der Waals surface area (Å²) in [5.74, 6) is -0.141. The second kappa shape index (κ2) is 4.79. The molecule has 3 rings (SSSR count). The van der Waals surface area contributed by atoms with Crippen LogP contribution in [-0.4, -0.2) is 27.6 Å². The van der Waals surface area contributed by atoms with Crippen LogP contribution in [0.4, 0.5) is 0 Å². The Morgan fingerprint density at radius 3 is 2.70 bits per heavy atom. The first-order valence-corrected chi connectivity index (χ1v) is 6.02. The molecule has 2 N–H and O–H groups in total. The van der Waals surface area contributed by atoms with Gasteiger partial charge in [-0.3, -0.25) is 4.79 Å². The molecule has 0 aliphatic rings. The Balaban J connectivity index is 2.21. The number of hydrogen-bond acceptors (Lipinski definition) is 5. The Hall–Kier alpha value is -2.66. The zero-order valence-electron chi connectivity index (χ0n) is 10.4. The van der Waals surface area contributed by atoms with Gasteiger partial charge >= 0.3 is 0 Å². The van der Waals surface area contributed by atoms with E-state index in [-0.39, 0.29) is 11.6 Å². The van der Waals surface area contributed by atoms with E-state index in [1.54, 1.807) is 36.4 Å². The van der Waals surface area contributed by atoms with Crippen molar-refractivity contribution in [3.05, 3.63) is 48.0 Å². The summed E-state index contributed by atoms with van der Waals surface area (Å²) in [4.78, 5) is 15.9. The van der Waals surface area contributed by atoms with Gasteiger partial charge in [0.1, 0.15) is 17.9 Å². The van der Waals surface area contributed by atoms with Crippen LogP contribution in [0, 0.1) is 0 Å². The van der Waals surface area contributed by atoms with Gasteiger partial charge < -0.3 is 14.6 Å². The molecule has 0 aliphatic heterocycles. The lowest BCUT2D eigenvalue weighted by Gasteiger charge is -1.97. The molecule has 1 heterocycles. The number of oxazole rings is 1. The SMILES string of the molecule is O=C(CO)c1cccc2oc(-c3ccccc3O)nc12. The van der Waals surface area contributed by atoms with Crippen LogP contribution in [0.25, 0.3) is 22.6 Å². The number of aromatic nitrogens is 1. The lowest BCUT2D eigenvalue weighted by Crippen LogP contribution is -2.04. The number of carbonyl (C=O) groups excluding carboxylic acids is 1. The molecule has 0 fully saturated rings. The largest absolute Gasteiger partial charge is 0.507 e. The van der Waals surface area contributed by atoms with Crippen LogP contribution < -0.4 is 0 Å². The van der Waals surface area contributed by atoms with Gasteiger partial charge in [0, 0.05) is 5.56 Å². The third-order valence-electron chi connectivity index (χ3n) is 3.00. The molecule has 0 unspecified atom stereocenters. The normalized spacial score (nSPS) is 10.8. The van der Waals surface area contributed by atoms with Crippen molar-refractivity contribution in [3.8, 4) is 17.2 Å². The molecule has 20 heavy (non-hydrogen) atoms. The summed E-state index contributed by atoms with van der Waals surface area (Å²) < 4.78 is 5.57. The summed E-state index contributed by atoms with van der Waals surface area (Å²) in [5, 5.41) is 18.8. The van der Waals surface area contributed by atoms with Crippen LogP contribution in [0.1, 0.15) is 10.4 Å². The Morgan fingerprint density at radius 1 is 1.15 bits per heavy atom. The minimum Gasteiger partial charge on any atom is -0.507 e. The first-order chi connectivity index (χ1) is 9.70. The van der Waals surface area contributed by atoms with E-state index >= 15 is 0 Å². The number of hydrogen-bond donors (Lipinski definition) is 2. The number of nitrogens with zero attached hydrogens (tertiary/aromatic N) is 1. The van der Waals surface area contributed by atoms with E-state index in [4.69, 9.17) is 9.52 Å². The Morgan fingerprint density at radius 2 is 1.95 bits per heavy atom. The van der Waals surface area contributed by atoms with Crippen molar-refractivity contribution in [2.45, 2.75) is 0 Å². The summed E-state index contributed by atoms with van der Waals surface area (Å²) in [6, 6.07) is 11.6. The number of carbonyl (C=O) groups is 1. The maximum absolute atomic E-state index is 11.7. The van der Waals surface area contributed by atoms with Crippen molar-refractivity contribution in [1.82, 2.24) is 4.98 Å². The molecular weight excluding hydrogens is 258 g/mol. The van der Waals surface area contributed by atoms with Gasteiger partial charge in [-0.2, -0.15) is 0 Å². The van der Waals surface area contributed by atoms with Crippen LogP contribution in [0.2, 0.25) is 0 Å². The van der Waals surface area contributed by atoms with Crippen LogP contribution in [0.5, 0.6) is 5.75 Å². The summed E-state index contributed by atoms with van der Waals surface area (Å²) in [7, 11) is 0. The number of benzene rings is 2. The van der Waals surface area contributed by atoms with Gasteiger partial charge in [0.15, 0.2) is 11.4 Å². The summed E-state index contributed by atoms with van der Waals surface area (Å²) in [5.41, 5.74) is 1.56. The topological polar surface area (TPSA) is 83.6 Å². The van der Waals surface area contributed by atoms with Crippen LogP contribution >= 0.6 is 0 Å². The van der Waals surface area contributed by atoms with Crippen molar-refractivity contribution < 1.29 is 19.4 Å². The number of aliphatic hydroxyl groups excluding tert-OH is 1. The van der Waals surface area contributed by atoms with Crippen molar-refractivity contribution in [3.63, 3.8) is 0 Å². The first kappa shape index (κ1) is 12.4. The minimum absolute atomic E-state index is 0.0501. The quantitative estimate of drug-likeness (QED) is 0.713. The first-order valence-electron chi connectivity index (χ1n) is 6.02. The molecule has 0 atom stereocenters. The van der Waals surface area contributed by atoms with Crippen LogP contribution in [0.3, 0.4) is 0 Å². The van der Waals surface area contributed by atoms with E-state index in [9.17, 15) is 9.90 Å². The Labute approximate surface area is 114 Å². The predicted molar refractivity (Wildman–Crippen MR) is 72.5 cm³/mol. The van der Waals surface area contributed by atoms with Gasteiger partial charge in [-0.1, -0.05) is 18.2 Å². The van der Waals surface area contributed by atoms with Crippen molar-refractivity contribution in [2.24, 2.45) is 0 Å². The third kappa shape index (κ3) is 1.94. The van der Waals surface area contributed by atoms with E-state index < -0.39 is 12.4 Å². The standard InChI is InChI=1S/C15H11NO4/c17-8-12(19)9-5-3-7-13-14(9)16-15(20-13)10-4-1-2-6-11(10)18/h1-7,17-18H,8H2. The molecule has 0 spiro atoms. The molecule has 0 bridgehead atoms. The highest BCUT2D eigenvalue weighted by atomic mass is 16.3. The van der Waals surface area contributed by atoms with E-state index in [0.717, 1.165) is 0 Å². The number of ketones is 1. The molecule has 1 aromatic heterocycles. The van der Waals surface area contributed by atoms with Crippen LogP contribution in [0.15, 0.2) is 46.9 Å². The number of rotatable bonds is 3. The van der Waals surface area contributed by atoms with Crippen molar-refractivity contribution in [2.75, 3.05) is 6.61 Å². The van der Waals surface area contributed by atoms with Gasteiger partial charge in [0.2, 0.25) is 5.89 Å². The number of aromatic hydroxyl groups is 1. The van der Waals surface area contributed by atoms with E-state index in [0.29, 0.717) is 22.2 Å². The maximum atomic E-state index is 11.7. The number of para-hydroxylation sites is 2. The summed E-state index contributed by atoms with van der Waals surface area (Å²) in [6.07, 6.45) is 0. The predicted octanol–water partition coefficient (Wildman–Crippen LogP) is 2.38. The zero-order valence-corrected chi connectivity index (χ0v) is 10.4. The van der Waals surface area contributed by atoms with E-state index in [2.05, 4.69) is 4.98 Å². The average Bonchev–Trinajstić information content (AvgIpc) is 2.90. The van der Waals surface area contributed by atoms with Gasteiger partial charge in [-0.25, -0.2) is 4.98 Å². The maximum Gasteiger partial charge on any atom is 0.231 e. The second-order valence-corrected chi connectivity index (χ2v) is 4.27. The lowest BCUT2D eigenvalue weighted by molar-refractivity contribution is 0.0905. The monoisotopic (exact) mass is 269 g/mol. The molecule has 0 saturated heterocycles. The zero-order chi connectivity index (χ0) is 14.1. The molecule has 0 radical (unpaired) electrons. The van der Waals surface area contributed by atoms with Gasteiger partial charge in [0.05, 0.1) is 5.56 Å². The molecule has 5 nitrogen and oxygen atoms in total. The van der Waals surface area contributed by atoms with E-state index in [1.165, 1.54) is 6.07 Å². The molecule has 0 saturated carbocycles. The average molecular weight is 269 g/mol. The molecule has 3 aromatic rings. The minimum atomic E-state index is -0.585. The number of Topliss-reactive ketones (excluding diaryl/α,β-unsaturated/α-hetero) is 1. The number of phenolic OH excluding ortho intramolecular Hbond substituents is 1. The fourth-order valence-corrected chi connectivity index (χ4v) is 2.03. The molecule has 0 aliphatic carbocycles. The highest BCUT2D eigenvalue weighted by Gasteiger charge is 2.16. The number of phenols is 1. The highest BCUT2D eigenvalue weighted by Crippen LogP contribution is 2.31. The molecule has 0 amide bonds. The lowest BCUT2D eigenvalue weighted by atomic mass is 10.1. The van der Waals surface area contributed by atoms with Crippen LogP contribution in [-0.2, 0) is 0 Å². The van der Waals surface area contributed by atoms with Gasteiger partial charge in [-0.15, -0.1) is 0 Å². The molecule has 100 valence electrons. The second-order valence-electron chi connectivity index (χ2n) is 4.27. The van der Waals surface area contributed by atoms with Gasteiger partial charge in [0.25, 0.3) is 0 Å². The Bertz CT molecular complexity index is 791. The van der Waals surface area contributed by atoms with E-state index in [1.807, 2.05) is 0 Å². The fraction of sp³-hybridized carbons (Fsp3) is 0.0667. The molecular formula is C15H11NO4. The third-order valence-corrected chi connectivity index (χ3v) is 3.00.